The van der Waals surface area contributed by atoms with Crippen LogP contribution in [-0.2, 0) is 10.8 Å². The first-order valence-corrected chi connectivity index (χ1v) is 14.5. The molecule has 0 fully saturated rings. The van der Waals surface area contributed by atoms with Crippen LogP contribution in [0.4, 0.5) is 0 Å². The number of carbonyl (C=O) groups excluding carboxylic acids is 1. The molecule has 1 amide bonds. The van der Waals surface area contributed by atoms with Crippen LogP contribution in [0.3, 0.4) is 0 Å². The first kappa shape index (κ1) is 25.6. The predicted molar refractivity (Wildman–Crippen MR) is 140 cm³/mol. The van der Waals surface area contributed by atoms with E-state index in [1.165, 1.54) is 6.07 Å². The molecule has 0 spiro atoms. The summed E-state index contributed by atoms with van der Waals surface area (Å²) in [6.07, 6.45) is 0.416. The van der Waals surface area contributed by atoms with E-state index in [0.717, 1.165) is 16.7 Å². The van der Waals surface area contributed by atoms with Crippen LogP contribution in [0.1, 0.15) is 42.6 Å². The Kier molecular flexibility index (Phi) is 7.89. The first-order chi connectivity index (χ1) is 16.0. The van der Waals surface area contributed by atoms with Crippen LogP contribution < -0.4 is 5.56 Å². The number of nitrogens with zero attached hydrogens (tertiary/aromatic N) is 2. The number of aromatic amines is 1. The minimum absolute atomic E-state index is 0.106. The Morgan fingerprint density at radius 2 is 1.71 bits per heavy atom. The molecule has 0 saturated heterocycles. The third kappa shape index (κ3) is 6.30. The number of rotatable bonds is 8. The molecular weight excluding hydrogens is 442 g/mol. The lowest BCUT2D eigenvalue weighted by Crippen LogP contribution is -2.43. The van der Waals surface area contributed by atoms with E-state index in [4.69, 9.17) is 4.43 Å². The molecule has 3 rings (SSSR count). The van der Waals surface area contributed by atoms with E-state index in [0.29, 0.717) is 25.4 Å². The molecule has 1 N–H and O–H groups in total. The maximum atomic E-state index is 13.0. The van der Waals surface area contributed by atoms with Crippen LogP contribution >= 0.6 is 0 Å². The zero-order chi connectivity index (χ0) is 24.9. The summed E-state index contributed by atoms with van der Waals surface area (Å²) in [7, 11) is -0.176. The minimum Gasteiger partial charge on any atom is -0.415 e. The van der Waals surface area contributed by atoms with Crippen molar-refractivity contribution in [2.24, 2.45) is 0 Å². The van der Waals surface area contributed by atoms with Crippen molar-refractivity contribution in [1.29, 1.82) is 0 Å². The average Bonchev–Trinajstić information content (AvgIpc) is 2.78. The largest absolute Gasteiger partial charge is 0.415 e. The van der Waals surface area contributed by atoms with Crippen LogP contribution in [0.25, 0.3) is 11.1 Å². The average molecular weight is 478 g/mol. The van der Waals surface area contributed by atoms with Gasteiger partial charge in [-0.15, -0.1) is 0 Å². The molecule has 0 aliphatic carbocycles. The fourth-order valence-corrected chi connectivity index (χ4v) is 4.44. The molecule has 0 saturated carbocycles. The number of amides is 1. The van der Waals surface area contributed by atoms with E-state index in [2.05, 4.69) is 56.0 Å². The molecule has 0 radical (unpaired) electrons. The van der Waals surface area contributed by atoms with Crippen molar-refractivity contribution in [2.75, 3.05) is 20.2 Å². The van der Waals surface area contributed by atoms with Crippen molar-refractivity contribution < 1.29 is 9.22 Å². The summed E-state index contributed by atoms with van der Waals surface area (Å²) >= 11 is 0. The molecule has 0 bridgehead atoms. The van der Waals surface area contributed by atoms with Gasteiger partial charge in [-0.1, -0.05) is 75.4 Å². The highest BCUT2D eigenvalue weighted by molar-refractivity contribution is 6.74. The van der Waals surface area contributed by atoms with Crippen molar-refractivity contribution in [1.82, 2.24) is 14.9 Å². The SMILES string of the molecule is CN(CCO[Si](C)(C)C(C)(C)C)C(=O)c1cc(=O)[nH]c(Cc2ccccc2-c2ccccc2)n1. The quantitative estimate of drug-likeness (QED) is 0.457. The lowest BCUT2D eigenvalue weighted by molar-refractivity contribution is 0.0763. The number of H-pyrrole nitrogens is 1. The lowest BCUT2D eigenvalue weighted by Gasteiger charge is -2.36. The van der Waals surface area contributed by atoms with E-state index < -0.39 is 8.32 Å². The van der Waals surface area contributed by atoms with Gasteiger partial charge in [-0.25, -0.2) is 4.98 Å². The number of likely N-dealkylation sites (N-methyl/N-ethyl adjacent to an activating group) is 1. The van der Waals surface area contributed by atoms with Crippen LogP contribution in [0.2, 0.25) is 18.1 Å². The van der Waals surface area contributed by atoms with E-state index in [1.807, 2.05) is 42.5 Å². The number of aromatic nitrogens is 2. The number of benzene rings is 2. The summed E-state index contributed by atoms with van der Waals surface area (Å²) in [5.74, 6) is 0.174. The van der Waals surface area contributed by atoms with E-state index >= 15 is 0 Å². The molecule has 1 heterocycles. The summed E-state index contributed by atoms with van der Waals surface area (Å²) in [6, 6.07) is 19.4. The van der Waals surface area contributed by atoms with Crippen LogP contribution in [0.5, 0.6) is 0 Å². The molecule has 0 aliphatic heterocycles. The van der Waals surface area contributed by atoms with Gasteiger partial charge in [0.25, 0.3) is 11.5 Å². The topological polar surface area (TPSA) is 75.3 Å². The van der Waals surface area contributed by atoms with Crippen LogP contribution in [-0.4, -0.2) is 49.3 Å². The monoisotopic (exact) mass is 477 g/mol. The highest BCUT2D eigenvalue weighted by Gasteiger charge is 2.37. The number of carbonyl (C=O) groups is 1. The molecule has 7 heteroatoms. The third-order valence-electron chi connectivity index (χ3n) is 6.51. The van der Waals surface area contributed by atoms with E-state index in [1.54, 1.807) is 11.9 Å². The van der Waals surface area contributed by atoms with Crippen LogP contribution in [0, 0.1) is 0 Å². The van der Waals surface area contributed by atoms with Crippen molar-refractivity contribution in [3.8, 4) is 11.1 Å². The zero-order valence-electron chi connectivity index (χ0n) is 21.0. The van der Waals surface area contributed by atoms with Crippen molar-refractivity contribution in [3.63, 3.8) is 0 Å². The second kappa shape index (κ2) is 10.5. The molecule has 0 aliphatic rings. The maximum absolute atomic E-state index is 13.0. The minimum atomic E-state index is -1.89. The van der Waals surface area contributed by atoms with Gasteiger partial charge in [-0.2, -0.15) is 0 Å². The molecule has 0 atom stereocenters. The summed E-state index contributed by atoms with van der Waals surface area (Å²) < 4.78 is 6.19. The van der Waals surface area contributed by atoms with Gasteiger partial charge in [0.1, 0.15) is 11.5 Å². The smallest absolute Gasteiger partial charge is 0.272 e. The fourth-order valence-electron chi connectivity index (χ4n) is 3.41. The Hall–Kier alpha value is -3.03. The molecule has 34 heavy (non-hydrogen) atoms. The molecule has 2 aromatic carbocycles. The molecule has 0 unspecified atom stereocenters. The van der Waals surface area contributed by atoms with Gasteiger partial charge >= 0.3 is 0 Å². The van der Waals surface area contributed by atoms with Crippen molar-refractivity contribution in [3.05, 3.63) is 88.1 Å². The summed E-state index contributed by atoms with van der Waals surface area (Å²) in [5, 5.41) is 0.106. The highest BCUT2D eigenvalue weighted by atomic mass is 28.4. The molecule has 180 valence electrons. The Morgan fingerprint density at radius 3 is 2.38 bits per heavy atom. The van der Waals surface area contributed by atoms with Gasteiger partial charge in [0.2, 0.25) is 0 Å². The summed E-state index contributed by atoms with van der Waals surface area (Å²) in [5.41, 5.74) is 3.00. The maximum Gasteiger partial charge on any atom is 0.272 e. The number of hydrogen-bond acceptors (Lipinski definition) is 4. The molecular formula is C27H35N3O3Si. The second-order valence-electron chi connectivity index (χ2n) is 10.1. The Labute approximate surface area is 203 Å². The lowest BCUT2D eigenvalue weighted by atomic mass is 9.97. The Morgan fingerprint density at radius 1 is 1.06 bits per heavy atom. The van der Waals surface area contributed by atoms with Gasteiger partial charge in [0.05, 0.1) is 6.61 Å². The van der Waals surface area contributed by atoms with Gasteiger partial charge in [0.15, 0.2) is 8.32 Å². The van der Waals surface area contributed by atoms with Crippen molar-refractivity contribution in [2.45, 2.75) is 45.3 Å². The third-order valence-corrected chi connectivity index (χ3v) is 11.1. The van der Waals surface area contributed by atoms with Crippen molar-refractivity contribution >= 4 is 14.2 Å². The zero-order valence-corrected chi connectivity index (χ0v) is 22.0. The molecule has 3 aromatic rings. The standard InChI is InChI=1S/C27H35N3O3Si/c1-27(2,3)34(5,6)33-17-16-30(4)26(32)23-19-25(31)29-24(28-23)18-21-14-10-11-15-22(21)20-12-8-7-9-13-20/h7-15,19H,16-18H2,1-6H3,(H,28,29,31). The van der Waals surface area contributed by atoms with E-state index in [-0.39, 0.29) is 22.2 Å². The van der Waals surface area contributed by atoms with Gasteiger partial charge < -0.3 is 14.3 Å². The predicted octanol–water partition coefficient (Wildman–Crippen LogP) is 5.12. The highest BCUT2D eigenvalue weighted by Crippen LogP contribution is 2.36. The first-order valence-electron chi connectivity index (χ1n) is 11.6. The van der Waals surface area contributed by atoms with Gasteiger partial charge in [-0.05, 0) is 34.8 Å². The van der Waals surface area contributed by atoms with E-state index in [9.17, 15) is 9.59 Å². The Bertz CT molecular complexity index is 1180. The molecule has 6 nitrogen and oxygen atoms in total. The van der Waals surface area contributed by atoms with Gasteiger partial charge in [0, 0.05) is 26.1 Å². The summed E-state index contributed by atoms with van der Waals surface area (Å²) in [6.45, 7) is 11.8. The van der Waals surface area contributed by atoms with Gasteiger partial charge in [-0.3, -0.25) is 9.59 Å². The summed E-state index contributed by atoms with van der Waals surface area (Å²) in [4.78, 5) is 34.2. The van der Waals surface area contributed by atoms with Crippen LogP contribution in [0.15, 0.2) is 65.5 Å². The number of nitrogens with one attached hydrogen (secondary N) is 1. The fraction of sp³-hybridized carbons (Fsp3) is 0.370. The second-order valence-corrected chi connectivity index (χ2v) is 14.9. The number of hydrogen-bond donors (Lipinski definition) is 1. The Balaban J connectivity index is 1.75. The normalized spacial score (nSPS) is 11.9. The molecule has 1 aromatic heterocycles.